The molecule has 0 spiro atoms. The minimum atomic E-state index is -0.190. The number of rotatable bonds is 6. The van der Waals surface area contributed by atoms with Crippen molar-refractivity contribution < 1.29 is 4.39 Å². The van der Waals surface area contributed by atoms with Gasteiger partial charge in [0.25, 0.3) is 0 Å². The Kier molecular flexibility index (Phi) is 6.53. The molecule has 1 N–H and O–H groups in total. The Morgan fingerprint density at radius 3 is 2.84 bits per heavy atom. The van der Waals surface area contributed by atoms with Crippen LogP contribution in [0.2, 0.25) is 0 Å². The van der Waals surface area contributed by atoms with Crippen molar-refractivity contribution in [3.63, 3.8) is 0 Å². The van der Waals surface area contributed by atoms with Gasteiger partial charge in [-0.15, -0.1) is 12.4 Å². The Labute approximate surface area is 119 Å². The first-order chi connectivity index (χ1) is 8.79. The van der Waals surface area contributed by atoms with E-state index in [1.165, 1.54) is 6.07 Å². The van der Waals surface area contributed by atoms with Crippen molar-refractivity contribution in [2.24, 2.45) is 0 Å². The summed E-state index contributed by atoms with van der Waals surface area (Å²) in [4.78, 5) is 0. The fraction of sp³-hybridized carbons (Fsp3) is 0.357. The third-order valence-electron chi connectivity index (χ3n) is 2.76. The van der Waals surface area contributed by atoms with Crippen molar-refractivity contribution >= 4 is 12.4 Å². The van der Waals surface area contributed by atoms with Crippen LogP contribution in [0.1, 0.15) is 24.6 Å². The van der Waals surface area contributed by atoms with E-state index in [-0.39, 0.29) is 18.2 Å². The quantitative estimate of drug-likeness (QED) is 0.883. The molecule has 3 nitrogen and oxygen atoms in total. The highest BCUT2D eigenvalue weighted by Crippen LogP contribution is 2.04. The molecule has 0 amide bonds. The van der Waals surface area contributed by atoms with Gasteiger partial charge in [-0.1, -0.05) is 19.1 Å². The fourth-order valence-electron chi connectivity index (χ4n) is 1.91. The Morgan fingerprint density at radius 1 is 1.26 bits per heavy atom. The first kappa shape index (κ1) is 15.7. The van der Waals surface area contributed by atoms with E-state index < -0.39 is 0 Å². The predicted molar refractivity (Wildman–Crippen MR) is 76.7 cm³/mol. The lowest BCUT2D eigenvalue weighted by Crippen LogP contribution is -2.16. The maximum absolute atomic E-state index is 13.0. The molecule has 0 aliphatic carbocycles. The van der Waals surface area contributed by atoms with Crippen LogP contribution < -0.4 is 5.32 Å². The molecule has 0 aliphatic rings. The van der Waals surface area contributed by atoms with E-state index in [1.807, 2.05) is 23.0 Å². The molecule has 1 heterocycles. The SMILES string of the molecule is CCCn1nccc1CNCc1cccc(F)c1.Cl. The van der Waals surface area contributed by atoms with E-state index in [0.717, 1.165) is 30.8 Å². The molecule has 2 rings (SSSR count). The number of hydrogen-bond acceptors (Lipinski definition) is 2. The zero-order chi connectivity index (χ0) is 12.8. The Morgan fingerprint density at radius 2 is 2.11 bits per heavy atom. The first-order valence-corrected chi connectivity index (χ1v) is 6.25. The van der Waals surface area contributed by atoms with Crippen LogP contribution in [-0.4, -0.2) is 9.78 Å². The lowest BCUT2D eigenvalue weighted by atomic mass is 10.2. The lowest BCUT2D eigenvalue weighted by Gasteiger charge is -2.08. The smallest absolute Gasteiger partial charge is 0.123 e. The number of aryl methyl sites for hydroxylation is 1. The largest absolute Gasteiger partial charge is 0.307 e. The molecule has 1 aromatic carbocycles. The molecule has 104 valence electrons. The lowest BCUT2D eigenvalue weighted by molar-refractivity contribution is 0.548. The summed E-state index contributed by atoms with van der Waals surface area (Å²) in [6.45, 7) is 4.47. The van der Waals surface area contributed by atoms with Crippen LogP contribution in [0.4, 0.5) is 4.39 Å². The number of nitrogens with zero attached hydrogens (tertiary/aromatic N) is 2. The predicted octanol–water partition coefficient (Wildman–Crippen LogP) is 3.14. The van der Waals surface area contributed by atoms with Gasteiger partial charge in [0.15, 0.2) is 0 Å². The number of halogens is 2. The fourth-order valence-corrected chi connectivity index (χ4v) is 1.91. The van der Waals surface area contributed by atoms with Gasteiger partial charge < -0.3 is 5.32 Å². The van der Waals surface area contributed by atoms with Gasteiger partial charge in [-0.25, -0.2) is 4.39 Å². The van der Waals surface area contributed by atoms with E-state index in [1.54, 1.807) is 12.1 Å². The maximum atomic E-state index is 13.0. The molecule has 0 atom stereocenters. The zero-order valence-corrected chi connectivity index (χ0v) is 11.8. The second kappa shape index (κ2) is 7.92. The Hall–Kier alpha value is -1.39. The summed E-state index contributed by atoms with van der Waals surface area (Å²) in [5, 5.41) is 7.56. The summed E-state index contributed by atoms with van der Waals surface area (Å²) in [6.07, 6.45) is 2.88. The van der Waals surface area contributed by atoms with E-state index >= 15 is 0 Å². The molecule has 0 saturated heterocycles. The number of aromatic nitrogens is 2. The maximum Gasteiger partial charge on any atom is 0.123 e. The highest BCUT2D eigenvalue weighted by Gasteiger charge is 2.01. The van der Waals surface area contributed by atoms with Gasteiger partial charge in [0.1, 0.15) is 5.82 Å². The third kappa shape index (κ3) is 4.65. The van der Waals surface area contributed by atoms with Gasteiger partial charge in [0.05, 0.1) is 5.69 Å². The third-order valence-corrected chi connectivity index (χ3v) is 2.76. The number of benzene rings is 1. The highest BCUT2D eigenvalue weighted by molar-refractivity contribution is 5.85. The second-order valence-electron chi connectivity index (χ2n) is 4.28. The van der Waals surface area contributed by atoms with Crippen LogP contribution >= 0.6 is 12.4 Å². The molecule has 19 heavy (non-hydrogen) atoms. The van der Waals surface area contributed by atoms with Crippen molar-refractivity contribution in [2.75, 3.05) is 0 Å². The molecule has 0 bridgehead atoms. The van der Waals surface area contributed by atoms with Gasteiger partial charge in [-0.05, 0) is 30.2 Å². The first-order valence-electron chi connectivity index (χ1n) is 6.25. The molecular formula is C14H19ClFN3. The van der Waals surface area contributed by atoms with Crippen molar-refractivity contribution in [3.8, 4) is 0 Å². The van der Waals surface area contributed by atoms with Crippen LogP contribution in [0.3, 0.4) is 0 Å². The number of nitrogens with one attached hydrogen (secondary N) is 1. The summed E-state index contributed by atoms with van der Waals surface area (Å²) in [7, 11) is 0. The van der Waals surface area contributed by atoms with Crippen LogP contribution in [0.15, 0.2) is 36.5 Å². The van der Waals surface area contributed by atoms with E-state index in [4.69, 9.17) is 0 Å². The monoisotopic (exact) mass is 283 g/mol. The van der Waals surface area contributed by atoms with E-state index in [2.05, 4.69) is 17.3 Å². The average Bonchev–Trinajstić information content (AvgIpc) is 2.78. The second-order valence-corrected chi connectivity index (χ2v) is 4.28. The Balaban J connectivity index is 0.00000180. The summed E-state index contributed by atoms with van der Waals surface area (Å²) in [6, 6.07) is 8.66. The molecule has 0 saturated carbocycles. The van der Waals surface area contributed by atoms with Gasteiger partial charge in [0, 0.05) is 25.8 Å². The number of hydrogen-bond donors (Lipinski definition) is 1. The molecule has 0 radical (unpaired) electrons. The highest BCUT2D eigenvalue weighted by atomic mass is 35.5. The van der Waals surface area contributed by atoms with Gasteiger partial charge in [-0.2, -0.15) is 5.10 Å². The van der Waals surface area contributed by atoms with Crippen LogP contribution in [-0.2, 0) is 19.6 Å². The molecular weight excluding hydrogens is 265 g/mol. The molecule has 2 aromatic rings. The van der Waals surface area contributed by atoms with E-state index in [9.17, 15) is 4.39 Å². The van der Waals surface area contributed by atoms with Crippen LogP contribution in [0.25, 0.3) is 0 Å². The molecule has 0 fully saturated rings. The average molecular weight is 284 g/mol. The molecule has 1 aromatic heterocycles. The van der Waals surface area contributed by atoms with Gasteiger partial charge in [-0.3, -0.25) is 4.68 Å². The van der Waals surface area contributed by atoms with Crippen molar-refractivity contribution in [2.45, 2.75) is 33.0 Å². The van der Waals surface area contributed by atoms with Crippen molar-refractivity contribution in [1.29, 1.82) is 0 Å². The topological polar surface area (TPSA) is 29.9 Å². The standard InChI is InChI=1S/C14H18FN3.ClH/c1-2-8-18-14(6-7-17-18)11-16-10-12-4-3-5-13(15)9-12;/h3-7,9,16H,2,8,10-11H2,1H3;1H. The minimum absolute atomic E-state index is 0. The summed E-state index contributed by atoms with van der Waals surface area (Å²) >= 11 is 0. The molecule has 0 unspecified atom stereocenters. The molecule has 0 aliphatic heterocycles. The van der Waals surface area contributed by atoms with Crippen LogP contribution in [0.5, 0.6) is 0 Å². The minimum Gasteiger partial charge on any atom is -0.307 e. The zero-order valence-electron chi connectivity index (χ0n) is 11.0. The Bertz CT molecular complexity index is 499. The van der Waals surface area contributed by atoms with Gasteiger partial charge in [0.2, 0.25) is 0 Å². The van der Waals surface area contributed by atoms with Crippen LogP contribution in [0, 0.1) is 5.82 Å². The summed E-state index contributed by atoms with van der Waals surface area (Å²) < 4.78 is 15.0. The van der Waals surface area contributed by atoms with Gasteiger partial charge >= 0.3 is 0 Å². The summed E-state index contributed by atoms with van der Waals surface area (Å²) in [5.74, 6) is -0.190. The van der Waals surface area contributed by atoms with Crippen molar-refractivity contribution in [1.82, 2.24) is 15.1 Å². The summed E-state index contributed by atoms with van der Waals surface area (Å²) in [5.41, 5.74) is 2.12. The normalized spacial score (nSPS) is 10.2. The van der Waals surface area contributed by atoms with Crippen molar-refractivity contribution in [3.05, 3.63) is 53.6 Å². The van der Waals surface area contributed by atoms with E-state index in [0.29, 0.717) is 6.54 Å². The molecule has 5 heteroatoms.